The molecule has 2 heterocycles. The molecule has 0 amide bonds. The summed E-state index contributed by atoms with van der Waals surface area (Å²) in [5, 5.41) is 15.7. The highest BCUT2D eigenvalue weighted by Crippen LogP contribution is 2.21. The molecule has 0 aromatic carbocycles. The summed E-state index contributed by atoms with van der Waals surface area (Å²) in [6, 6.07) is 0.425. The third-order valence-corrected chi connectivity index (χ3v) is 5.07. The Labute approximate surface area is 188 Å². The molecule has 0 spiro atoms. The topological polar surface area (TPSA) is 67.1 Å². The maximum atomic E-state index is 4.76. The van der Waals surface area contributed by atoms with E-state index >= 15 is 0 Å². The molecule has 162 valence electrons. The van der Waals surface area contributed by atoms with Crippen LogP contribution in [-0.4, -0.2) is 39.9 Å². The van der Waals surface area contributed by atoms with Crippen molar-refractivity contribution in [2.24, 2.45) is 10.4 Å². The summed E-state index contributed by atoms with van der Waals surface area (Å²) >= 11 is 0. The van der Waals surface area contributed by atoms with Crippen LogP contribution in [0.25, 0.3) is 0 Å². The van der Waals surface area contributed by atoms with Crippen LogP contribution in [-0.2, 0) is 19.4 Å². The molecule has 2 rings (SSSR count). The minimum absolute atomic E-state index is 0. The molecule has 0 bridgehead atoms. The molecule has 0 saturated carbocycles. The lowest BCUT2D eigenvalue weighted by Crippen LogP contribution is -2.42. The molecule has 1 unspecified atom stereocenters. The zero-order chi connectivity index (χ0) is 19.7. The molecule has 1 aliphatic rings. The summed E-state index contributed by atoms with van der Waals surface area (Å²) in [6.45, 7) is 14.0. The molecule has 1 aromatic heterocycles. The van der Waals surface area contributed by atoms with Gasteiger partial charge >= 0.3 is 0 Å². The minimum Gasteiger partial charge on any atom is -0.357 e. The summed E-state index contributed by atoms with van der Waals surface area (Å²) < 4.78 is 2.34. The van der Waals surface area contributed by atoms with Gasteiger partial charge in [0.1, 0.15) is 11.6 Å². The van der Waals surface area contributed by atoms with Crippen LogP contribution in [0, 0.1) is 5.41 Å². The van der Waals surface area contributed by atoms with Gasteiger partial charge in [-0.15, -0.1) is 34.2 Å². The van der Waals surface area contributed by atoms with Crippen molar-refractivity contribution in [3.05, 3.63) is 11.6 Å². The molecule has 0 fully saturated rings. The fraction of sp³-hybridized carbons (Fsp3) is 0.857. The Hall–Kier alpha value is -0.860. The van der Waals surface area contributed by atoms with E-state index in [1.165, 1.54) is 31.5 Å². The number of aromatic nitrogens is 3. The molecule has 6 nitrogen and oxygen atoms in total. The second-order valence-corrected chi connectivity index (χ2v) is 9.00. The van der Waals surface area contributed by atoms with E-state index in [-0.39, 0.29) is 24.0 Å². The van der Waals surface area contributed by atoms with Crippen LogP contribution >= 0.6 is 24.0 Å². The number of aliphatic imine (C=N–C) groups is 1. The maximum Gasteiger partial charge on any atom is 0.191 e. The van der Waals surface area contributed by atoms with Crippen LogP contribution in [0.15, 0.2) is 4.99 Å². The molecule has 7 heteroatoms. The minimum atomic E-state index is 0. The molecule has 0 aliphatic carbocycles. The Bertz CT molecular complexity index is 590. The van der Waals surface area contributed by atoms with Crippen LogP contribution in [0.2, 0.25) is 0 Å². The van der Waals surface area contributed by atoms with Crippen molar-refractivity contribution >= 4 is 29.9 Å². The van der Waals surface area contributed by atoms with E-state index in [1.54, 1.807) is 0 Å². The summed E-state index contributed by atoms with van der Waals surface area (Å²) in [4.78, 5) is 4.76. The van der Waals surface area contributed by atoms with Gasteiger partial charge in [0.25, 0.3) is 0 Å². The molecular weight excluding hydrogens is 463 g/mol. The number of nitrogens with zero attached hydrogens (tertiary/aromatic N) is 4. The van der Waals surface area contributed by atoms with Crippen molar-refractivity contribution in [2.75, 3.05) is 13.1 Å². The Morgan fingerprint density at radius 3 is 2.71 bits per heavy atom. The predicted molar refractivity (Wildman–Crippen MR) is 129 cm³/mol. The molecule has 1 aromatic rings. The van der Waals surface area contributed by atoms with E-state index in [0.717, 1.165) is 57.1 Å². The summed E-state index contributed by atoms with van der Waals surface area (Å²) in [5.74, 6) is 3.24. The Morgan fingerprint density at radius 2 is 2.00 bits per heavy atom. The third kappa shape index (κ3) is 9.09. The second-order valence-electron chi connectivity index (χ2n) is 9.00. The number of nitrogens with one attached hydrogen (secondary N) is 2. The number of aryl methyl sites for hydroxylation is 2. The highest BCUT2D eigenvalue weighted by molar-refractivity contribution is 14.0. The number of guanidine groups is 1. The van der Waals surface area contributed by atoms with E-state index < -0.39 is 0 Å². The maximum absolute atomic E-state index is 4.76. The van der Waals surface area contributed by atoms with Crippen LogP contribution in [0.3, 0.4) is 0 Å². The van der Waals surface area contributed by atoms with E-state index in [1.807, 2.05) is 0 Å². The average molecular weight is 505 g/mol. The van der Waals surface area contributed by atoms with Gasteiger partial charge in [-0.1, -0.05) is 27.2 Å². The normalized spacial score (nSPS) is 16.0. The van der Waals surface area contributed by atoms with Crippen molar-refractivity contribution in [2.45, 2.75) is 98.6 Å². The predicted octanol–water partition coefficient (Wildman–Crippen LogP) is 4.33. The first-order valence-electron chi connectivity index (χ1n) is 10.8. The van der Waals surface area contributed by atoms with Crippen molar-refractivity contribution in [3.63, 3.8) is 0 Å². The van der Waals surface area contributed by atoms with Crippen molar-refractivity contribution in [3.8, 4) is 0 Å². The van der Waals surface area contributed by atoms with Crippen molar-refractivity contribution in [1.29, 1.82) is 0 Å². The van der Waals surface area contributed by atoms with Gasteiger partial charge in [0.05, 0.1) is 0 Å². The second kappa shape index (κ2) is 12.6. The standard InChI is InChI=1S/C21H40N6.HI/c1-6-22-20(24-17(2)13-14-21(3,4)5)23-15-10-12-19-26-25-18-11-8-7-9-16-27(18)19;/h17H,6-16H2,1-5H3,(H2,22,23,24);1H. The van der Waals surface area contributed by atoms with Gasteiger partial charge in [-0.2, -0.15) is 0 Å². The van der Waals surface area contributed by atoms with Crippen molar-refractivity contribution < 1.29 is 0 Å². The number of halogens is 1. The highest BCUT2D eigenvalue weighted by Gasteiger charge is 2.15. The molecule has 0 saturated heterocycles. The van der Waals surface area contributed by atoms with Gasteiger partial charge in [-0.3, -0.25) is 4.99 Å². The quantitative estimate of drug-likeness (QED) is 0.240. The fourth-order valence-electron chi connectivity index (χ4n) is 3.43. The van der Waals surface area contributed by atoms with Crippen LogP contribution in [0.5, 0.6) is 0 Å². The molecule has 1 aliphatic heterocycles. The van der Waals surface area contributed by atoms with E-state index in [0.29, 0.717) is 11.5 Å². The lowest BCUT2D eigenvalue weighted by atomic mass is 9.89. The smallest absolute Gasteiger partial charge is 0.191 e. The first kappa shape index (κ1) is 25.2. The Morgan fingerprint density at radius 1 is 1.21 bits per heavy atom. The molecular formula is C21H41IN6. The monoisotopic (exact) mass is 504 g/mol. The third-order valence-electron chi connectivity index (χ3n) is 5.07. The Kier molecular flexibility index (Phi) is 11.4. The van der Waals surface area contributed by atoms with Crippen LogP contribution in [0.4, 0.5) is 0 Å². The first-order valence-corrected chi connectivity index (χ1v) is 10.8. The van der Waals surface area contributed by atoms with Gasteiger partial charge in [0.15, 0.2) is 5.96 Å². The first-order chi connectivity index (χ1) is 12.9. The van der Waals surface area contributed by atoms with E-state index in [2.05, 4.69) is 60.0 Å². The van der Waals surface area contributed by atoms with Crippen molar-refractivity contribution in [1.82, 2.24) is 25.4 Å². The lowest BCUT2D eigenvalue weighted by molar-refractivity contribution is 0.346. The van der Waals surface area contributed by atoms with Gasteiger partial charge in [-0.05, 0) is 51.4 Å². The van der Waals surface area contributed by atoms with Gasteiger partial charge in [-0.25, -0.2) is 0 Å². The summed E-state index contributed by atoms with van der Waals surface area (Å²) in [6.07, 6.45) is 9.19. The van der Waals surface area contributed by atoms with E-state index in [9.17, 15) is 0 Å². The number of rotatable bonds is 8. The zero-order valence-electron chi connectivity index (χ0n) is 18.6. The largest absolute Gasteiger partial charge is 0.357 e. The van der Waals surface area contributed by atoms with Crippen LogP contribution < -0.4 is 10.6 Å². The van der Waals surface area contributed by atoms with Gasteiger partial charge in [0, 0.05) is 38.5 Å². The molecule has 0 radical (unpaired) electrons. The average Bonchev–Trinajstić information content (AvgIpc) is 2.83. The number of hydrogen-bond acceptors (Lipinski definition) is 3. The summed E-state index contributed by atoms with van der Waals surface area (Å²) in [7, 11) is 0. The highest BCUT2D eigenvalue weighted by atomic mass is 127. The number of fused-ring (bicyclic) bond motifs is 1. The Balaban J connectivity index is 0.00000392. The molecule has 2 N–H and O–H groups in total. The fourth-order valence-corrected chi connectivity index (χ4v) is 3.43. The van der Waals surface area contributed by atoms with E-state index in [4.69, 9.17) is 4.99 Å². The zero-order valence-corrected chi connectivity index (χ0v) is 20.9. The number of hydrogen-bond donors (Lipinski definition) is 2. The molecule has 28 heavy (non-hydrogen) atoms. The van der Waals surface area contributed by atoms with Gasteiger partial charge in [0.2, 0.25) is 0 Å². The van der Waals surface area contributed by atoms with Crippen LogP contribution in [0.1, 0.15) is 84.8 Å². The lowest BCUT2D eigenvalue weighted by Gasteiger charge is -2.23. The summed E-state index contributed by atoms with van der Waals surface area (Å²) in [5.41, 5.74) is 0.377. The SMILES string of the molecule is CCNC(=NCCCc1nnc2n1CCCCC2)NC(C)CCC(C)(C)C.I. The van der Waals surface area contributed by atoms with Gasteiger partial charge < -0.3 is 15.2 Å². The molecule has 1 atom stereocenters.